The quantitative estimate of drug-likeness (QED) is 0.849. The Morgan fingerprint density at radius 1 is 1.27 bits per heavy atom. The lowest BCUT2D eigenvalue weighted by Crippen LogP contribution is -2.44. The SMILES string of the molecule is CCCNC(=O)[C@@H](C)NC(=O)c1cnn(-c2ccccc2)c1. The summed E-state index contributed by atoms with van der Waals surface area (Å²) < 4.78 is 1.62. The van der Waals surface area contributed by atoms with Crippen molar-refractivity contribution in [2.24, 2.45) is 0 Å². The van der Waals surface area contributed by atoms with E-state index in [1.807, 2.05) is 37.3 Å². The maximum absolute atomic E-state index is 12.1. The Morgan fingerprint density at radius 3 is 2.68 bits per heavy atom. The number of rotatable bonds is 6. The standard InChI is InChI=1S/C16H20N4O2/c1-3-9-17-15(21)12(2)19-16(22)13-10-18-20(11-13)14-7-5-4-6-8-14/h4-8,10-12H,3,9H2,1-2H3,(H,17,21)(H,19,22)/t12-/m1/s1. The molecule has 1 aromatic heterocycles. The topological polar surface area (TPSA) is 76.0 Å². The highest BCUT2D eigenvalue weighted by atomic mass is 16.2. The highest BCUT2D eigenvalue weighted by molar-refractivity contribution is 5.97. The van der Waals surface area contributed by atoms with Crippen LogP contribution in [0.1, 0.15) is 30.6 Å². The predicted octanol–water partition coefficient (Wildman–Crippen LogP) is 1.52. The van der Waals surface area contributed by atoms with Gasteiger partial charge in [-0.25, -0.2) is 4.68 Å². The normalized spacial score (nSPS) is 11.7. The molecule has 1 heterocycles. The molecule has 0 saturated carbocycles. The van der Waals surface area contributed by atoms with E-state index in [2.05, 4.69) is 15.7 Å². The first kappa shape index (κ1) is 15.8. The lowest BCUT2D eigenvalue weighted by Gasteiger charge is -2.12. The van der Waals surface area contributed by atoms with Crippen LogP contribution >= 0.6 is 0 Å². The average Bonchev–Trinajstić information content (AvgIpc) is 3.03. The van der Waals surface area contributed by atoms with Crippen molar-refractivity contribution in [3.63, 3.8) is 0 Å². The van der Waals surface area contributed by atoms with Crippen molar-refractivity contribution in [3.05, 3.63) is 48.3 Å². The molecule has 2 amide bonds. The molecule has 2 rings (SSSR count). The van der Waals surface area contributed by atoms with E-state index >= 15 is 0 Å². The fraction of sp³-hybridized carbons (Fsp3) is 0.312. The second-order valence-corrected chi connectivity index (χ2v) is 5.00. The number of aromatic nitrogens is 2. The lowest BCUT2D eigenvalue weighted by atomic mass is 10.2. The van der Waals surface area contributed by atoms with Gasteiger partial charge in [0, 0.05) is 12.7 Å². The summed E-state index contributed by atoms with van der Waals surface area (Å²) in [4.78, 5) is 23.9. The third-order valence-corrected chi connectivity index (χ3v) is 3.16. The molecule has 6 heteroatoms. The lowest BCUT2D eigenvalue weighted by molar-refractivity contribution is -0.122. The van der Waals surface area contributed by atoms with Gasteiger partial charge in [0.1, 0.15) is 6.04 Å². The fourth-order valence-electron chi connectivity index (χ4n) is 1.91. The summed E-state index contributed by atoms with van der Waals surface area (Å²) >= 11 is 0. The van der Waals surface area contributed by atoms with Crippen molar-refractivity contribution >= 4 is 11.8 Å². The summed E-state index contributed by atoms with van der Waals surface area (Å²) in [6, 6.07) is 8.93. The van der Waals surface area contributed by atoms with Crippen molar-refractivity contribution in [2.45, 2.75) is 26.3 Å². The first-order valence-corrected chi connectivity index (χ1v) is 7.30. The number of nitrogens with zero attached hydrogens (tertiary/aromatic N) is 2. The van der Waals surface area contributed by atoms with Crippen LogP contribution in [0.2, 0.25) is 0 Å². The highest BCUT2D eigenvalue weighted by Gasteiger charge is 2.17. The zero-order valence-corrected chi connectivity index (χ0v) is 12.7. The van der Waals surface area contributed by atoms with Crippen molar-refractivity contribution in [3.8, 4) is 5.69 Å². The Bertz CT molecular complexity index is 637. The molecule has 0 spiro atoms. The largest absolute Gasteiger partial charge is 0.354 e. The van der Waals surface area contributed by atoms with Gasteiger partial charge in [-0.05, 0) is 25.5 Å². The van der Waals surface area contributed by atoms with Crippen molar-refractivity contribution in [1.82, 2.24) is 20.4 Å². The number of hydrogen-bond donors (Lipinski definition) is 2. The summed E-state index contributed by atoms with van der Waals surface area (Å²) in [5.74, 6) is -0.507. The van der Waals surface area contributed by atoms with Crippen LogP contribution in [0.5, 0.6) is 0 Å². The summed E-state index contributed by atoms with van der Waals surface area (Å²) in [6.45, 7) is 4.23. The van der Waals surface area contributed by atoms with Crippen LogP contribution in [-0.2, 0) is 4.79 Å². The molecule has 116 valence electrons. The Kier molecular flexibility index (Phi) is 5.30. The average molecular weight is 300 g/mol. The smallest absolute Gasteiger partial charge is 0.255 e. The van der Waals surface area contributed by atoms with Crippen LogP contribution in [0.15, 0.2) is 42.7 Å². The Balaban J connectivity index is 1.99. The molecule has 0 radical (unpaired) electrons. The third-order valence-electron chi connectivity index (χ3n) is 3.16. The number of hydrogen-bond acceptors (Lipinski definition) is 3. The van der Waals surface area contributed by atoms with Gasteiger partial charge in [0.25, 0.3) is 5.91 Å². The molecule has 0 aliphatic carbocycles. The van der Waals surface area contributed by atoms with Gasteiger partial charge in [-0.15, -0.1) is 0 Å². The number of nitrogens with one attached hydrogen (secondary N) is 2. The molecule has 0 aliphatic rings. The molecule has 22 heavy (non-hydrogen) atoms. The molecule has 0 unspecified atom stereocenters. The van der Waals surface area contributed by atoms with Gasteiger partial charge in [0.2, 0.25) is 5.91 Å². The van der Waals surface area contributed by atoms with E-state index < -0.39 is 6.04 Å². The minimum Gasteiger partial charge on any atom is -0.354 e. The number of carbonyl (C=O) groups excluding carboxylic acids is 2. The number of amides is 2. The Labute approximate surface area is 129 Å². The summed E-state index contributed by atoms with van der Waals surface area (Å²) in [6.07, 6.45) is 3.98. The molecule has 1 aromatic carbocycles. The second kappa shape index (κ2) is 7.40. The van der Waals surface area contributed by atoms with E-state index in [1.165, 1.54) is 6.20 Å². The Hall–Kier alpha value is -2.63. The molecule has 0 bridgehead atoms. The highest BCUT2D eigenvalue weighted by Crippen LogP contribution is 2.07. The first-order valence-electron chi connectivity index (χ1n) is 7.30. The van der Waals surface area contributed by atoms with E-state index in [0.29, 0.717) is 12.1 Å². The van der Waals surface area contributed by atoms with Gasteiger partial charge in [-0.2, -0.15) is 5.10 Å². The molecule has 0 fully saturated rings. The molecule has 2 aromatic rings. The molecule has 6 nitrogen and oxygen atoms in total. The van der Waals surface area contributed by atoms with Gasteiger partial charge in [-0.1, -0.05) is 25.1 Å². The second-order valence-electron chi connectivity index (χ2n) is 5.00. The van der Waals surface area contributed by atoms with Gasteiger partial charge in [-0.3, -0.25) is 9.59 Å². The summed E-state index contributed by atoms with van der Waals surface area (Å²) in [5, 5.41) is 9.58. The van der Waals surface area contributed by atoms with Crippen molar-refractivity contribution in [1.29, 1.82) is 0 Å². The molecule has 1 atom stereocenters. The monoisotopic (exact) mass is 300 g/mol. The van der Waals surface area contributed by atoms with Gasteiger partial charge in [0.15, 0.2) is 0 Å². The maximum Gasteiger partial charge on any atom is 0.255 e. The number of benzene rings is 1. The third kappa shape index (κ3) is 3.94. The van der Waals surface area contributed by atoms with E-state index in [0.717, 1.165) is 12.1 Å². The molecule has 0 saturated heterocycles. The molecule has 0 aliphatic heterocycles. The van der Waals surface area contributed by atoms with E-state index in [4.69, 9.17) is 0 Å². The van der Waals surface area contributed by atoms with Crippen LogP contribution in [0, 0.1) is 0 Å². The van der Waals surface area contributed by atoms with E-state index in [9.17, 15) is 9.59 Å². The number of carbonyl (C=O) groups is 2. The zero-order chi connectivity index (χ0) is 15.9. The van der Waals surface area contributed by atoms with Crippen LogP contribution in [0.3, 0.4) is 0 Å². The van der Waals surface area contributed by atoms with E-state index in [1.54, 1.807) is 17.8 Å². The van der Waals surface area contributed by atoms with Crippen LogP contribution in [0.25, 0.3) is 5.69 Å². The summed E-state index contributed by atoms with van der Waals surface area (Å²) in [5.41, 5.74) is 1.29. The van der Waals surface area contributed by atoms with Crippen molar-refractivity contribution < 1.29 is 9.59 Å². The first-order chi connectivity index (χ1) is 10.6. The zero-order valence-electron chi connectivity index (χ0n) is 12.7. The predicted molar refractivity (Wildman–Crippen MR) is 83.8 cm³/mol. The molecular weight excluding hydrogens is 280 g/mol. The minimum absolute atomic E-state index is 0.189. The van der Waals surface area contributed by atoms with Crippen LogP contribution in [-0.4, -0.2) is 34.2 Å². The Morgan fingerprint density at radius 2 is 2.00 bits per heavy atom. The maximum atomic E-state index is 12.1. The van der Waals surface area contributed by atoms with E-state index in [-0.39, 0.29) is 11.8 Å². The molecule has 2 N–H and O–H groups in total. The molecular formula is C16H20N4O2. The number of para-hydroxylation sites is 1. The summed E-state index contributed by atoms with van der Waals surface area (Å²) in [7, 11) is 0. The van der Waals surface area contributed by atoms with Gasteiger partial charge in [0.05, 0.1) is 17.4 Å². The van der Waals surface area contributed by atoms with Gasteiger partial charge >= 0.3 is 0 Å². The van der Waals surface area contributed by atoms with Crippen LogP contribution < -0.4 is 10.6 Å². The van der Waals surface area contributed by atoms with Crippen molar-refractivity contribution in [2.75, 3.05) is 6.54 Å². The fourth-order valence-corrected chi connectivity index (χ4v) is 1.91. The minimum atomic E-state index is -0.584. The van der Waals surface area contributed by atoms with Crippen LogP contribution in [0.4, 0.5) is 0 Å². The van der Waals surface area contributed by atoms with Gasteiger partial charge < -0.3 is 10.6 Å².